The molecule has 2 heterocycles. The molecule has 0 aliphatic heterocycles. The van der Waals surface area contributed by atoms with E-state index < -0.39 is 0 Å². The predicted molar refractivity (Wildman–Crippen MR) is 77.2 cm³/mol. The zero-order valence-corrected chi connectivity index (χ0v) is 11.5. The summed E-state index contributed by atoms with van der Waals surface area (Å²) in [4.78, 5) is 4.47. The molecule has 2 aromatic heterocycles. The highest BCUT2D eigenvalue weighted by Crippen LogP contribution is 2.22. The second-order valence-electron chi connectivity index (χ2n) is 5.18. The zero-order valence-electron chi connectivity index (χ0n) is 11.5. The Labute approximate surface area is 112 Å². The Bertz CT molecular complexity index is 708. The van der Waals surface area contributed by atoms with Crippen LogP contribution < -0.4 is 0 Å². The van der Waals surface area contributed by atoms with Crippen molar-refractivity contribution in [2.45, 2.75) is 26.7 Å². The van der Waals surface area contributed by atoms with Crippen molar-refractivity contribution in [2.24, 2.45) is 0 Å². The lowest BCUT2D eigenvalue weighted by Gasteiger charge is -2.05. The Balaban J connectivity index is 2.03. The molecule has 3 heteroatoms. The highest BCUT2D eigenvalue weighted by Gasteiger charge is 2.06. The highest BCUT2D eigenvalue weighted by molar-refractivity contribution is 5.64. The number of aromatic nitrogens is 3. The van der Waals surface area contributed by atoms with Crippen LogP contribution in [-0.4, -0.2) is 14.6 Å². The van der Waals surface area contributed by atoms with Crippen LogP contribution in [0.1, 0.15) is 31.0 Å². The van der Waals surface area contributed by atoms with Crippen LogP contribution in [0.4, 0.5) is 0 Å². The molecule has 0 aliphatic carbocycles. The number of hydrogen-bond acceptors (Lipinski definition) is 2. The zero-order chi connectivity index (χ0) is 13.4. The third-order valence-corrected chi connectivity index (χ3v) is 3.34. The fourth-order valence-electron chi connectivity index (χ4n) is 2.15. The quantitative estimate of drug-likeness (QED) is 0.693. The fourth-order valence-corrected chi connectivity index (χ4v) is 2.15. The predicted octanol–water partition coefficient (Wildman–Crippen LogP) is 3.83. The van der Waals surface area contributed by atoms with Crippen LogP contribution in [0.25, 0.3) is 16.9 Å². The number of benzene rings is 1. The van der Waals surface area contributed by atoms with E-state index in [1.165, 1.54) is 5.56 Å². The Morgan fingerprint density at radius 3 is 2.47 bits per heavy atom. The van der Waals surface area contributed by atoms with E-state index in [4.69, 9.17) is 0 Å². The van der Waals surface area contributed by atoms with Gasteiger partial charge in [0.1, 0.15) is 0 Å². The largest absolute Gasteiger partial charge is 0.234 e. The molecular weight excluding hydrogens is 234 g/mol. The number of hydrogen-bond donors (Lipinski definition) is 0. The maximum absolute atomic E-state index is 4.55. The minimum absolute atomic E-state index is 0.555. The van der Waals surface area contributed by atoms with E-state index in [2.05, 4.69) is 48.2 Å². The highest BCUT2D eigenvalue weighted by atomic mass is 15.2. The van der Waals surface area contributed by atoms with E-state index in [1.807, 2.05) is 29.8 Å². The van der Waals surface area contributed by atoms with Gasteiger partial charge in [0, 0.05) is 23.5 Å². The summed E-state index contributed by atoms with van der Waals surface area (Å²) in [7, 11) is 0. The van der Waals surface area contributed by atoms with Gasteiger partial charge in [-0.05, 0) is 24.5 Å². The van der Waals surface area contributed by atoms with Crippen LogP contribution in [0.3, 0.4) is 0 Å². The van der Waals surface area contributed by atoms with Crippen molar-refractivity contribution in [3.05, 3.63) is 53.9 Å². The molecule has 0 amide bonds. The van der Waals surface area contributed by atoms with Gasteiger partial charge in [-0.15, -0.1) is 0 Å². The number of aryl methyl sites for hydroxylation is 1. The van der Waals surface area contributed by atoms with Crippen molar-refractivity contribution in [3.8, 4) is 11.3 Å². The van der Waals surface area contributed by atoms with Crippen molar-refractivity contribution in [3.63, 3.8) is 0 Å². The van der Waals surface area contributed by atoms with Crippen molar-refractivity contribution < 1.29 is 0 Å². The smallest absolute Gasteiger partial charge is 0.155 e. The number of nitrogens with zero attached hydrogens (tertiary/aromatic N) is 3. The monoisotopic (exact) mass is 251 g/mol. The SMILES string of the molecule is Cc1ccn2nc(-c3ccc(C(C)C)cc3)cc2n1. The Kier molecular flexibility index (Phi) is 2.82. The Morgan fingerprint density at radius 2 is 1.79 bits per heavy atom. The van der Waals surface area contributed by atoms with Gasteiger partial charge in [0.15, 0.2) is 5.65 Å². The number of rotatable bonds is 2. The molecule has 0 bridgehead atoms. The maximum atomic E-state index is 4.55. The van der Waals surface area contributed by atoms with Gasteiger partial charge in [-0.25, -0.2) is 9.50 Å². The van der Waals surface area contributed by atoms with Crippen molar-refractivity contribution in [1.29, 1.82) is 0 Å². The molecule has 3 aromatic rings. The molecule has 19 heavy (non-hydrogen) atoms. The van der Waals surface area contributed by atoms with Gasteiger partial charge in [0.05, 0.1) is 5.69 Å². The van der Waals surface area contributed by atoms with Crippen LogP contribution in [0.2, 0.25) is 0 Å². The van der Waals surface area contributed by atoms with Crippen molar-refractivity contribution in [1.82, 2.24) is 14.6 Å². The molecule has 3 nitrogen and oxygen atoms in total. The van der Waals surface area contributed by atoms with Crippen LogP contribution in [-0.2, 0) is 0 Å². The van der Waals surface area contributed by atoms with Crippen molar-refractivity contribution >= 4 is 5.65 Å². The fraction of sp³-hybridized carbons (Fsp3) is 0.250. The molecule has 0 saturated carbocycles. The summed E-state index contributed by atoms with van der Waals surface area (Å²) in [6.45, 7) is 6.39. The topological polar surface area (TPSA) is 30.2 Å². The van der Waals surface area contributed by atoms with Crippen molar-refractivity contribution in [2.75, 3.05) is 0 Å². The lowest BCUT2D eigenvalue weighted by Crippen LogP contribution is -1.90. The summed E-state index contributed by atoms with van der Waals surface area (Å²) in [5.74, 6) is 0.555. The van der Waals surface area contributed by atoms with E-state index in [9.17, 15) is 0 Å². The maximum Gasteiger partial charge on any atom is 0.155 e. The van der Waals surface area contributed by atoms with E-state index in [-0.39, 0.29) is 0 Å². The normalized spacial score (nSPS) is 11.4. The summed E-state index contributed by atoms with van der Waals surface area (Å²) >= 11 is 0. The van der Waals surface area contributed by atoms with Gasteiger partial charge >= 0.3 is 0 Å². The second kappa shape index (κ2) is 4.50. The third-order valence-electron chi connectivity index (χ3n) is 3.34. The van der Waals surface area contributed by atoms with E-state index >= 15 is 0 Å². The van der Waals surface area contributed by atoms with Crippen LogP contribution in [0.5, 0.6) is 0 Å². The van der Waals surface area contributed by atoms with E-state index in [0.29, 0.717) is 5.92 Å². The molecule has 96 valence electrons. The standard InChI is InChI=1S/C16H17N3/c1-11(2)13-4-6-14(7-5-13)15-10-16-17-12(3)8-9-19(16)18-15/h4-11H,1-3H3. The molecule has 0 fully saturated rings. The average Bonchev–Trinajstić information content (AvgIpc) is 2.81. The molecule has 0 saturated heterocycles. The van der Waals surface area contributed by atoms with Gasteiger partial charge in [0.25, 0.3) is 0 Å². The van der Waals surface area contributed by atoms with Gasteiger partial charge in [0.2, 0.25) is 0 Å². The van der Waals surface area contributed by atoms with Gasteiger partial charge in [-0.1, -0.05) is 38.1 Å². The first-order valence-corrected chi connectivity index (χ1v) is 6.57. The molecule has 1 aromatic carbocycles. The van der Waals surface area contributed by atoms with Crippen LogP contribution in [0.15, 0.2) is 42.6 Å². The van der Waals surface area contributed by atoms with Gasteiger partial charge in [-0.3, -0.25) is 0 Å². The summed E-state index contributed by atoms with van der Waals surface area (Å²) in [5.41, 5.74) is 5.35. The minimum Gasteiger partial charge on any atom is -0.234 e. The van der Waals surface area contributed by atoms with Crippen LogP contribution in [0, 0.1) is 6.92 Å². The summed E-state index contributed by atoms with van der Waals surface area (Å²) in [6.07, 6.45) is 1.95. The molecule has 0 radical (unpaired) electrons. The molecule has 0 spiro atoms. The van der Waals surface area contributed by atoms with Gasteiger partial charge in [-0.2, -0.15) is 5.10 Å². The average molecular weight is 251 g/mol. The molecule has 0 N–H and O–H groups in total. The third kappa shape index (κ3) is 2.24. The van der Waals surface area contributed by atoms with E-state index in [0.717, 1.165) is 22.6 Å². The second-order valence-corrected chi connectivity index (χ2v) is 5.18. The van der Waals surface area contributed by atoms with Gasteiger partial charge < -0.3 is 0 Å². The number of fused-ring (bicyclic) bond motifs is 1. The molecular formula is C16H17N3. The summed E-state index contributed by atoms with van der Waals surface area (Å²) < 4.78 is 1.82. The first kappa shape index (κ1) is 11.9. The molecule has 0 atom stereocenters. The van der Waals surface area contributed by atoms with Crippen LogP contribution >= 0.6 is 0 Å². The lowest BCUT2D eigenvalue weighted by atomic mass is 10.0. The summed E-state index contributed by atoms with van der Waals surface area (Å²) in [6, 6.07) is 12.6. The first-order chi connectivity index (χ1) is 9.13. The lowest BCUT2D eigenvalue weighted by molar-refractivity contribution is 0.867. The minimum atomic E-state index is 0.555. The summed E-state index contributed by atoms with van der Waals surface area (Å²) in [5, 5.41) is 4.55. The molecule has 0 aliphatic rings. The molecule has 0 unspecified atom stereocenters. The first-order valence-electron chi connectivity index (χ1n) is 6.57. The van der Waals surface area contributed by atoms with E-state index in [1.54, 1.807) is 0 Å². The molecule has 3 rings (SSSR count). The Hall–Kier alpha value is -2.16. The Morgan fingerprint density at radius 1 is 1.05 bits per heavy atom.